The van der Waals surface area contributed by atoms with E-state index in [1.54, 1.807) is 0 Å². The minimum absolute atomic E-state index is 0.150. The summed E-state index contributed by atoms with van der Waals surface area (Å²) in [6.07, 6.45) is 1.70. The van der Waals surface area contributed by atoms with E-state index in [-0.39, 0.29) is 18.0 Å². The van der Waals surface area contributed by atoms with Gasteiger partial charge in [0.25, 0.3) is 0 Å². The van der Waals surface area contributed by atoms with E-state index < -0.39 is 0 Å². The number of nitrogens with zero attached hydrogens (tertiary/aromatic N) is 1. The van der Waals surface area contributed by atoms with Crippen LogP contribution in [0.25, 0.3) is 0 Å². The maximum atomic E-state index is 13.0. The number of hydrogen-bond donors (Lipinski definition) is 2. The number of piperidine rings is 1. The molecule has 0 amide bonds. The first-order valence-electron chi connectivity index (χ1n) is 7.43. The van der Waals surface area contributed by atoms with E-state index in [0.717, 1.165) is 38.0 Å². The molecule has 1 aliphatic heterocycles. The van der Waals surface area contributed by atoms with Gasteiger partial charge in [0.15, 0.2) is 0 Å². The van der Waals surface area contributed by atoms with E-state index in [1.165, 1.54) is 12.1 Å². The first-order valence-corrected chi connectivity index (χ1v) is 7.43. The van der Waals surface area contributed by atoms with Gasteiger partial charge in [0.05, 0.1) is 6.10 Å². The standard InChI is InChI=1S/C16H25FN2O/c1-12-11-19(10-8-16(12)20)9-7-15(18-2)13-3-5-14(17)6-4-13/h3-6,12,15-16,18,20H,7-11H2,1-2H3. The van der Waals surface area contributed by atoms with Crippen molar-refractivity contribution in [2.75, 3.05) is 26.7 Å². The summed E-state index contributed by atoms with van der Waals surface area (Å²) in [6.45, 7) is 5.03. The minimum Gasteiger partial charge on any atom is -0.393 e. The van der Waals surface area contributed by atoms with Crippen molar-refractivity contribution in [1.82, 2.24) is 10.2 Å². The van der Waals surface area contributed by atoms with Crippen molar-refractivity contribution >= 4 is 0 Å². The van der Waals surface area contributed by atoms with E-state index in [0.29, 0.717) is 5.92 Å². The van der Waals surface area contributed by atoms with Gasteiger partial charge in [0, 0.05) is 19.1 Å². The third kappa shape index (κ3) is 4.01. The molecule has 4 heteroatoms. The van der Waals surface area contributed by atoms with Gasteiger partial charge in [-0.3, -0.25) is 0 Å². The fourth-order valence-electron chi connectivity index (χ4n) is 2.91. The molecule has 0 spiro atoms. The Morgan fingerprint density at radius 2 is 2.10 bits per heavy atom. The summed E-state index contributed by atoms with van der Waals surface area (Å²) in [5.41, 5.74) is 1.12. The minimum atomic E-state index is -0.192. The fraction of sp³-hybridized carbons (Fsp3) is 0.625. The molecule has 3 nitrogen and oxygen atoms in total. The van der Waals surface area contributed by atoms with Crippen molar-refractivity contribution < 1.29 is 9.50 Å². The lowest BCUT2D eigenvalue weighted by Crippen LogP contribution is -2.42. The zero-order chi connectivity index (χ0) is 14.5. The highest BCUT2D eigenvalue weighted by Gasteiger charge is 2.24. The second-order valence-electron chi connectivity index (χ2n) is 5.82. The van der Waals surface area contributed by atoms with Crippen molar-refractivity contribution in [3.8, 4) is 0 Å². The number of nitrogens with one attached hydrogen (secondary N) is 1. The molecule has 0 saturated carbocycles. The molecule has 0 aromatic heterocycles. The van der Waals surface area contributed by atoms with Crippen LogP contribution < -0.4 is 5.32 Å². The van der Waals surface area contributed by atoms with Gasteiger partial charge in [0.2, 0.25) is 0 Å². The summed E-state index contributed by atoms with van der Waals surface area (Å²) < 4.78 is 13.0. The van der Waals surface area contributed by atoms with Crippen LogP contribution in [0.4, 0.5) is 4.39 Å². The van der Waals surface area contributed by atoms with Gasteiger partial charge in [0.1, 0.15) is 5.82 Å². The second-order valence-corrected chi connectivity index (χ2v) is 5.82. The summed E-state index contributed by atoms with van der Waals surface area (Å²) >= 11 is 0. The molecule has 0 aliphatic carbocycles. The molecular weight excluding hydrogens is 255 g/mol. The zero-order valence-electron chi connectivity index (χ0n) is 12.3. The second kappa shape index (κ2) is 7.16. The van der Waals surface area contributed by atoms with E-state index in [4.69, 9.17) is 0 Å². The Morgan fingerprint density at radius 1 is 1.40 bits per heavy atom. The van der Waals surface area contributed by atoms with Gasteiger partial charge >= 0.3 is 0 Å². The van der Waals surface area contributed by atoms with Crippen LogP contribution in [0.1, 0.15) is 31.4 Å². The lowest BCUT2D eigenvalue weighted by molar-refractivity contribution is 0.0338. The first kappa shape index (κ1) is 15.4. The molecule has 2 N–H and O–H groups in total. The number of hydrogen-bond acceptors (Lipinski definition) is 3. The van der Waals surface area contributed by atoms with Gasteiger partial charge in [-0.25, -0.2) is 4.39 Å². The third-order valence-corrected chi connectivity index (χ3v) is 4.30. The highest BCUT2D eigenvalue weighted by molar-refractivity contribution is 5.19. The van der Waals surface area contributed by atoms with Gasteiger partial charge in [-0.1, -0.05) is 19.1 Å². The Morgan fingerprint density at radius 3 is 2.70 bits per heavy atom. The fourth-order valence-corrected chi connectivity index (χ4v) is 2.91. The highest BCUT2D eigenvalue weighted by atomic mass is 19.1. The maximum absolute atomic E-state index is 13.0. The summed E-state index contributed by atoms with van der Waals surface area (Å²) in [5.74, 6) is 0.157. The highest BCUT2D eigenvalue weighted by Crippen LogP contribution is 2.20. The third-order valence-electron chi connectivity index (χ3n) is 4.30. The van der Waals surface area contributed by atoms with Crippen LogP contribution in [0.15, 0.2) is 24.3 Å². The van der Waals surface area contributed by atoms with Crippen molar-refractivity contribution in [3.63, 3.8) is 0 Å². The monoisotopic (exact) mass is 280 g/mol. The van der Waals surface area contributed by atoms with Crippen LogP contribution in [0.2, 0.25) is 0 Å². The number of halogens is 1. The lowest BCUT2D eigenvalue weighted by Gasteiger charge is -2.35. The zero-order valence-corrected chi connectivity index (χ0v) is 12.3. The Labute approximate surface area is 120 Å². The number of benzene rings is 1. The van der Waals surface area contributed by atoms with Crippen LogP contribution in [-0.4, -0.2) is 42.8 Å². The van der Waals surface area contributed by atoms with E-state index in [2.05, 4.69) is 17.1 Å². The summed E-state index contributed by atoms with van der Waals surface area (Å²) in [7, 11) is 1.94. The number of rotatable bonds is 5. The molecule has 20 heavy (non-hydrogen) atoms. The Hall–Kier alpha value is -0.970. The number of aliphatic hydroxyl groups is 1. The SMILES string of the molecule is CNC(CCN1CCC(O)C(C)C1)c1ccc(F)cc1. The van der Waals surface area contributed by atoms with Gasteiger partial charge in [-0.15, -0.1) is 0 Å². The van der Waals surface area contributed by atoms with Crippen LogP contribution >= 0.6 is 0 Å². The number of aliphatic hydroxyl groups excluding tert-OH is 1. The van der Waals surface area contributed by atoms with Crippen molar-refractivity contribution in [2.45, 2.75) is 31.9 Å². The van der Waals surface area contributed by atoms with Crippen molar-refractivity contribution in [2.24, 2.45) is 5.92 Å². The predicted octanol–water partition coefficient (Wildman–Crippen LogP) is 2.18. The van der Waals surface area contributed by atoms with Crippen molar-refractivity contribution in [3.05, 3.63) is 35.6 Å². The summed E-state index contributed by atoms with van der Waals surface area (Å²) in [4.78, 5) is 2.41. The molecule has 3 atom stereocenters. The van der Waals surface area contributed by atoms with Crippen LogP contribution in [-0.2, 0) is 0 Å². The van der Waals surface area contributed by atoms with E-state index in [9.17, 15) is 9.50 Å². The molecule has 1 aliphatic rings. The Bertz CT molecular complexity index is 409. The Kier molecular flexibility index (Phi) is 5.52. The molecule has 1 fully saturated rings. The largest absolute Gasteiger partial charge is 0.393 e. The van der Waals surface area contributed by atoms with E-state index in [1.807, 2.05) is 19.2 Å². The molecule has 3 unspecified atom stereocenters. The average Bonchev–Trinajstić information content (AvgIpc) is 2.45. The molecule has 1 aromatic carbocycles. The molecule has 1 aromatic rings. The topological polar surface area (TPSA) is 35.5 Å². The first-order chi connectivity index (χ1) is 9.60. The quantitative estimate of drug-likeness (QED) is 0.868. The molecule has 112 valence electrons. The lowest BCUT2D eigenvalue weighted by atomic mass is 9.96. The molecule has 1 heterocycles. The van der Waals surface area contributed by atoms with Gasteiger partial charge in [-0.05, 0) is 50.0 Å². The van der Waals surface area contributed by atoms with Gasteiger partial charge in [-0.2, -0.15) is 0 Å². The van der Waals surface area contributed by atoms with Crippen LogP contribution in [0, 0.1) is 11.7 Å². The Balaban J connectivity index is 1.86. The van der Waals surface area contributed by atoms with Crippen LogP contribution in [0.5, 0.6) is 0 Å². The molecule has 1 saturated heterocycles. The summed E-state index contributed by atoms with van der Waals surface area (Å²) in [6, 6.07) is 6.97. The van der Waals surface area contributed by atoms with Crippen LogP contribution in [0.3, 0.4) is 0 Å². The molecule has 0 bridgehead atoms. The molecule has 0 radical (unpaired) electrons. The molecule has 2 rings (SSSR count). The number of likely N-dealkylation sites (tertiary alicyclic amines) is 1. The maximum Gasteiger partial charge on any atom is 0.123 e. The predicted molar refractivity (Wildman–Crippen MR) is 79.0 cm³/mol. The van der Waals surface area contributed by atoms with Crippen molar-refractivity contribution in [1.29, 1.82) is 0 Å². The molecular formula is C16H25FN2O. The van der Waals surface area contributed by atoms with E-state index >= 15 is 0 Å². The smallest absolute Gasteiger partial charge is 0.123 e. The average molecular weight is 280 g/mol. The summed E-state index contributed by atoms with van der Waals surface area (Å²) in [5, 5.41) is 13.0. The van der Waals surface area contributed by atoms with Gasteiger partial charge < -0.3 is 15.3 Å². The normalized spacial score (nSPS) is 25.6.